The molecule has 0 spiro atoms. The van der Waals surface area contributed by atoms with Crippen LogP contribution in [0.4, 0.5) is 0 Å². The second-order valence-corrected chi connectivity index (χ2v) is 15.1. The lowest BCUT2D eigenvalue weighted by Crippen LogP contribution is -2.47. The zero-order chi connectivity index (χ0) is 22.7. The molecular formula is C32H32Si. The van der Waals surface area contributed by atoms with Gasteiger partial charge in [-0.25, -0.2) is 0 Å². The summed E-state index contributed by atoms with van der Waals surface area (Å²) in [5.74, 6) is 0. The second-order valence-electron chi connectivity index (χ2n) is 10.1. The largest absolute Gasteiger partial charge is 0.0785 e. The van der Waals surface area contributed by atoms with Gasteiger partial charge >= 0.3 is 0 Å². The summed E-state index contributed by atoms with van der Waals surface area (Å²) in [7, 11) is -1.95. The maximum absolute atomic E-state index is 2.49. The van der Waals surface area contributed by atoms with Gasteiger partial charge in [0.2, 0.25) is 0 Å². The van der Waals surface area contributed by atoms with Crippen LogP contribution >= 0.6 is 0 Å². The molecule has 0 fully saturated rings. The SMILES string of the molecule is CC[Si](CC)(C1c2ccccc2-c2cccc(C)c21)C1c2ccccc2-c2cccc(C)c21. The second kappa shape index (κ2) is 7.57. The van der Waals surface area contributed by atoms with Crippen molar-refractivity contribution < 1.29 is 0 Å². The predicted molar refractivity (Wildman–Crippen MR) is 144 cm³/mol. The van der Waals surface area contributed by atoms with Gasteiger partial charge < -0.3 is 0 Å². The molecule has 2 aliphatic carbocycles. The zero-order valence-electron chi connectivity index (χ0n) is 20.2. The lowest BCUT2D eigenvalue weighted by Gasteiger charge is -2.44. The van der Waals surface area contributed by atoms with Gasteiger partial charge in [0.15, 0.2) is 0 Å². The highest BCUT2D eigenvalue weighted by molar-refractivity contribution is 6.84. The van der Waals surface area contributed by atoms with Gasteiger partial charge in [0.25, 0.3) is 0 Å². The molecule has 0 saturated heterocycles. The van der Waals surface area contributed by atoms with E-state index in [2.05, 4.69) is 113 Å². The van der Waals surface area contributed by atoms with Crippen molar-refractivity contribution >= 4 is 8.07 Å². The molecule has 2 atom stereocenters. The van der Waals surface area contributed by atoms with E-state index in [1.54, 1.807) is 22.3 Å². The van der Waals surface area contributed by atoms with Crippen molar-refractivity contribution in [2.45, 2.75) is 50.9 Å². The minimum atomic E-state index is -1.95. The highest BCUT2D eigenvalue weighted by atomic mass is 28.3. The minimum absolute atomic E-state index is 0.531. The van der Waals surface area contributed by atoms with Crippen LogP contribution in [0.5, 0.6) is 0 Å². The highest BCUT2D eigenvalue weighted by Crippen LogP contribution is 2.60. The monoisotopic (exact) mass is 444 g/mol. The number of rotatable bonds is 4. The number of fused-ring (bicyclic) bond motifs is 6. The maximum atomic E-state index is 2.49. The highest BCUT2D eigenvalue weighted by Gasteiger charge is 2.53. The van der Waals surface area contributed by atoms with E-state index in [9.17, 15) is 0 Å². The van der Waals surface area contributed by atoms with Crippen LogP contribution in [0.1, 0.15) is 58.3 Å². The van der Waals surface area contributed by atoms with Crippen molar-refractivity contribution in [1.82, 2.24) is 0 Å². The van der Waals surface area contributed by atoms with Crippen molar-refractivity contribution in [3.63, 3.8) is 0 Å². The van der Waals surface area contributed by atoms with E-state index in [0.29, 0.717) is 11.1 Å². The van der Waals surface area contributed by atoms with Crippen LogP contribution < -0.4 is 0 Å². The predicted octanol–water partition coefficient (Wildman–Crippen LogP) is 8.80. The molecule has 0 N–H and O–H groups in total. The summed E-state index contributed by atoms with van der Waals surface area (Å²) >= 11 is 0. The molecule has 2 aliphatic rings. The van der Waals surface area contributed by atoms with Gasteiger partial charge in [-0.1, -0.05) is 111 Å². The van der Waals surface area contributed by atoms with Crippen LogP contribution in [0.25, 0.3) is 22.3 Å². The first-order valence-corrected chi connectivity index (χ1v) is 15.1. The molecule has 0 aliphatic heterocycles. The minimum Gasteiger partial charge on any atom is -0.0677 e. The van der Waals surface area contributed by atoms with E-state index >= 15 is 0 Å². The van der Waals surface area contributed by atoms with Gasteiger partial charge in [-0.3, -0.25) is 0 Å². The Morgan fingerprint density at radius 2 is 0.909 bits per heavy atom. The molecule has 0 amide bonds. The normalized spacial score (nSPS) is 17.9. The summed E-state index contributed by atoms with van der Waals surface area (Å²) in [4.78, 5) is 0. The van der Waals surface area contributed by atoms with E-state index in [0.717, 1.165) is 0 Å². The lowest BCUT2D eigenvalue weighted by molar-refractivity contribution is 0.934. The van der Waals surface area contributed by atoms with E-state index in [1.807, 2.05) is 0 Å². The molecular weight excluding hydrogens is 412 g/mol. The third-order valence-corrected chi connectivity index (χ3v) is 14.9. The summed E-state index contributed by atoms with van der Waals surface area (Å²) in [5, 5.41) is 0. The Hall–Kier alpha value is -2.90. The molecule has 0 aromatic heterocycles. The van der Waals surface area contributed by atoms with Gasteiger partial charge in [0.1, 0.15) is 0 Å². The first-order valence-electron chi connectivity index (χ1n) is 12.5. The van der Waals surface area contributed by atoms with E-state index in [4.69, 9.17) is 0 Å². The Morgan fingerprint density at radius 1 is 0.515 bits per heavy atom. The lowest BCUT2D eigenvalue weighted by atomic mass is 10.0. The van der Waals surface area contributed by atoms with Crippen molar-refractivity contribution in [1.29, 1.82) is 0 Å². The van der Waals surface area contributed by atoms with Gasteiger partial charge in [0.05, 0.1) is 8.07 Å². The summed E-state index contributed by atoms with van der Waals surface area (Å²) in [5.41, 5.74) is 16.3. The molecule has 6 rings (SSSR count). The number of hydrogen-bond donors (Lipinski definition) is 0. The number of hydrogen-bond acceptors (Lipinski definition) is 0. The molecule has 4 aromatic carbocycles. The van der Waals surface area contributed by atoms with Crippen LogP contribution in [-0.4, -0.2) is 8.07 Å². The Labute approximate surface area is 199 Å². The van der Waals surface area contributed by atoms with Crippen molar-refractivity contribution in [3.05, 3.63) is 118 Å². The van der Waals surface area contributed by atoms with Crippen LogP contribution in [0.2, 0.25) is 12.1 Å². The maximum Gasteiger partial charge on any atom is 0.0785 e. The Balaban J connectivity index is 1.69. The molecule has 2 unspecified atom stereocenters. The van der Waals surface area contributed by atoms with Crippen molar-refractivity contribution in [2.75, 3.05) is 0 Å². The van der Waals surface area contributed by atoms with Crippen LogP contribution in [0.15, 0.2) is 84.9 Å². The molecule has 0 heterocycles. The Kier molecular flexibility index (Phi) is 4.74. The fourth-order valence-electron chi connectivity index (χ4n) is 7.32. The average Bonchev–Trinajstić information content (AvgIpc) is 3.37. The summed E-state index contributed by atoms with van der Waals surface area (Å²) in [6, 6.07) is 35.0. The Bertz CT molecular complexity index is 1270. The topological polar surface area (TPSA) is 0 Å². The quantitative estimate of drug-likeness (QED) is 0.276. The number of benzene rings is 4. The van der Waals surface area contributed by atoms with E-state index < -0.39 is 8.07 Å². The zero-order valence-corrected chi connectivity index (χ0v) is 21.2. The third kappa shape index (κ3) is 2.69. The van der Waals surface area contributed by atoms with E-state index in [1.165, 1.54) is 45.5 Å². The van der Waals surface area contributed by atoms with Gasteiger partial charge in [-0.15, -0.1) is 0 Å². The van der Waals surface area contributed by atoms with Gasteiger partial charge in [-0.05, 0) is 69.5 Å². The average molecular weight is 445 g/mol. The molecule has 0 bridgehead atoms. The van der Waals surface area contributed by atoms with Gasteiger partial charge in [-0.2, -0.15) is 0 Å². The van der Waals surface area contributed by atoms with Crippen LogP contribution in [0.3, 0.4) is 0 Å². The van der Waals surface area contributed by atoms with Crippen LogP contribution in [-0.2, 0) is 0 Å². The summed E-state index contributed by atoms with van der Waals surface area (Å²) < 4.78 is 0. The summed E-state index contributed by atoms with van der Waals surface area (Å²) in [6.07, 6.45) is 0. The molecule has 0 saturated carbocycles. The van der Waals surface area contributed by atoms with Crippen LogP contribution in [0, 0.1) is 13.8 Å². The fraction of sp³-hybridized carbons (Fsp3) is 0.250. The van der Waals surface area contributed by atoms with E-state index in [-0.39, 0.29) is 0 Å². The first kappa shape index (κ1) is 20.7. The van der Waals surface area contributed by atoms with Crippen molar-refractivity contribution in [2.24, 2.45) is 0 Å². The summed E-state index contributed by atoms with van der Waals surface area (Å²) in [6.45, 7) is 9.66. The number of aryl methyl sites for hydroxylation is 2. The Morgan fingerprint density at radius 3 is 1.33 bits per heavy atom. The third-order valence-electron chi connectivity index (χ3n) is 8.82. The molecule has 164 valence electrons. The molecule has 0 nitrogen and oxygen atoms in total. The standard InChI is InChI=1S/C32H32Si/c1-5-33(6-2,31-27-17-9-7-15-23(27)25-19-11-13-21(3)29(25)31)32-28-18-10-8-16-24(28)26-20-12-14-22(4)30(26)32/h7-20,31-32H,5-6H2,1-4H3. The fourth-order valence-corrected chi connectivity index (χ4v) is 13.4. The molecule has 1 heteroatoms. The van der Waals surface area contributed by atoms with Gasteiger partial charge in [0, 0.05) is 11.1 Å². The molecule has 33 heavy (non-hydrogen) atoms. The smallest absolute Gasteiger partial charge is 0.0677 e. The first-order chi connectivity index (χ1) is 16.1. The molecule has 4 aromatic rings. The van der Waals surface area contributed by atoms with Crippen molar-refractivity contribution in [3.8, 4) is 22.3 Å². The molecule has 0 radical (unpaired) electrons.